The standard InChI is InChI=1S/C20H18N4O4/c1-11-9-15-16(18(25)24(11)7-8-27-2)20(13(10-21)17(22)28-15)12-5-3-4-6-14(12)23-19(20)26/h3-6,9H,7-8,22H2,1-2H3,(H,23,26)/t20-/m1/s1. The summed E-state index contributed by atoms with van der Waals surface area (Å²) in [7, 11) is 1.54. The van der Waals surface area contributed by atoms with Crippen LogP contribution >= 0.6 is 0 Å². The summed E-state index contributed by atoms with van der Waals surface area (Å²) >= 11 is 0. The number of rotatable bonds is 3. The highest BCUT2D eigenvalue weighted by Gasteiger charge is 2.58. The summed E-state index contributed by atoms with van der Waals surface area (Å²) < 4.78 is 12.2. The molecule has 4 rings (SSSR count). The van der Waals surface area contributed by atoms with Crippen LogP contribution in [0.25, 0.3) is 0 Å². The van der Waals surface area contributed by atoms with Gasteiger partial charge in [0.05, 0.1) is 12.2 Å². The Morgan fingerprint density at radius 1 is 1.36 bits per heavy atom. The van der Waals surface area contributed by atoms with Crippen molar-refractivity contribution in [2.75, 3.05) is 19.0 Å². The van der Waals surface area contributed by atoms with Crippen molar-refractivity contribution in [3.63, 3.8) is 0 Å². The van der Waals surface area contributed by atoms with Crippen molar-refractivity contribution in [3.05, 3.63) is 69.0 Å². The lowest BCUT2D eigenvalue weighted by atomic mass is 9.69. The van der Waals surface area contributed by atoms with Gasteiger partial charge in [0.15, 0.2) is 5.41 Å². The van der Waals surface area contributed by atoms with Crippen molar-refractivity contribution in [3.8, 4) is 11.8 Å². The first-order valence-electron chi connectivity index (χ1n) is 8.69. The molecule has 8 heteroatoms. The van der Waals surface area contributed by atoms with Crippen molar-refractivity contribution < 1.29 is 14.3 Å². The van der Waals surface area contributed by atoms with Crippen LogP contribution in [-0.2, 0) is 21.5 Å². The van der Waals surface area contributed by atoms with Crippen LogP contribution in [0.4, 0.5) is 5.69 Å². The van der Waals surface area contributed by atoms with Crippen LogP contribution in [0.5, 0.6) is 5.75 Å². The number of pyridine rings is 1. The summed E-state index contributed by atoms with van der Waals surface area (Å²) in [6.45, 7) is 2.38. The first-order chi connectivity index (χ1) is 13.5. The van der Waals surface area contributed by atoms with E-state index >= 15 is 0 Å². The van der Waals surface area contributed by atoms with Gasteiger partial charge in [-0.1, -0.05) is 18.2 Å². The van der Waals surface area contributed by atoms with E-state index in [-0.39, 0.29) is 22.8 Å². The molecule has 2 aliphatic heterocycles. The number of nitrogens with two attached hydrogens (primary N) is 1. The summed E-state index contributed by atoms with van der Waals surface area (Å²) in [4.78, 5) is 26.8. The molecule has 8 nitrogen and oxygen atoms in total. The molecule has 0 saturated heterocycles. The molecule has 0 unspecified atom stereocenters. The average Bonchev–Trinajstić information content (AvgIpc) is 2.94. The highest BCUT2D eigenvalue weighted by atomic mass is 16.5. The maximum Gasteiger partial charge on any atom is 0.259 e. The SMILES string of the molecule is COCCn1c(C)cc2c(c1=O)[C@]1(C(=O)Nc3ccccc31)C(C#N)=C(N)O2. The van der Waals surface area contributed by atoms with Gasteiger partial charge < -0.3 is 25.1 Å². The van der Waals surface area contributed by atoms with Gasteiger partial charge in [0.25, 0.3) is 5.56 Å². The van der Waals surface area contributed by atoms with E-state index in [4.69, 9.17) is 15.2 Å². The molecule has 142 valence electrons. The highest BCUT2D eigenvalue weighted by Crippen LogP contribution is 2.51. The van der Waals surface area contributed by atoms with E-state index in [9.17, 15) is 14.9 Å². The van der Waals surface area contributed by atoms with Crippen LogP contribution in [0.2, 0.25) is 0 Å². The van der Waals surface area contributed by atoms with E-state index in [0.29, 0.717) is 30.1 Å². The maximum absolute atomic E-state index is 13.5. The number of amides is 1. The van der Waals surface area contributed by atoms with Crippen LogP contribution in [-0.4, -0.2) is 24.2 Å². The Bertz CT molecular complexity index is 1140. The number of benzene rings is 1. The van der Waals surface area contributed by atoms with Gasteiger partial charge in [-0.15, -0.1) is 0 Å². The smallest absolute Gasteiger partial charge is 0.259 e. The lowest BCUT2D eigenvalue weighted by Crippen LogP contribution is -2.47. The molecule has 0 saturated carbocycles. The van der Waals surface area contributed by atoms with Gasteiger partial charge in [0.1, 0.15) is 17.4 Å². The second-order valence-corrected chi connectivity index (χ2v) is 6.68. The predicted molar refractivity (Wildman–Crippen MR) is 101 cm³/mol. The number of fused-ring (bicyclic) bond motifs is 4. The molecular formula is C20H18N4O4. The second kappa shape index (κ2) is 6.25. The number of anilines is 1. The molecule has 1 spiro atoms. The number of hydrogen-bond acceptors (Lipinski definition) is 6. The fourth-order valence-electron chi connectivity index (χ4n) is 4.00. The molecule has 1 amide bonds. The van der Waals surface area contributed by atoms with Crippen LogP contribution in [0, 0.1) is 18.3 Å². The fourth-order valence-corrected chi connectivity index (χ4v) is 4.00. The molecule has 1 aromatic carbocycles. The van der Waals surface area contributed by atoms with Crippen molar-refractivity contribution in [2.24, 2.45) is 5.73 Å². The molecule has 0 bridgehead atoms. The minimum atomic E-state index is -1.65. The number of methoxy groups -OCH3 is 1. The van der Waals surface area contributed by atoms with Crippen LogP contribution in [0.3, 0.4) is 0 Å². The van der Waals surface area contributed by atoms with Crippen LogP contribution in [0.15, 0.2) is 46.6 Å². The molecule has 3 N–H and O–H groups in total. The Hall–Kier alpha value is -3.57. The predicted octanol–water partition coefficient (Wildman–Crippen LogP) is 1.13. The first kappa shape index (κ1) is 17.8. The molecule has 2 aromatic rings. The van der Waals surface area contributed by atoms with Crippen LogP contribution < -0.4 is 21.3 Å². The third-order valence-corrected chi connectivity index (χ3v) is 5.24. The summed E-state index contributed by atoms with van der Waals surface area (Å²) in [6.07, 6.45) is 0. The van der Waals surface area contributed by atoms with Crippen LogP contribution in [0.1, 0.15) is 16.8 Å². The Kier molecular flexibility index (Phi) is 3.98. The topological polar surface area (TPSA) is 119 Å². The molecule has 0 fully saturated rings. The van der Waals surface area contributed by atoms with Crippen molar-refractivity contribution in [2.45, 2.75) is 18.9 Å². The number of aryl methyl sites for hydroxylation is 1. The van der Waals surface area contributed by atoms with Gasteiger partial charge in [-0.3, -0.25) is 9.59 Å². The fraction of sp³-hybridized carbons (Fsp3) is 0.250. The molecular weight excluding hydrogens is 360 g/mol. The Morgan fingerprint density at radius 2 is 2.11 bits per heavy atom. The monoisotopic (exact) mass is 378 g/mol. The van der Waals surface area contributed by atoms with Gasteiger partial charge in [-0.05, 0) is 13.0 Å². The van der Waals surface area contributed by atoms with Crippen molar-refractivity contribution >= 4 is 11.6 Å². The second-order valence-electron chi connectivity index (χ2n) is 6.68. The van der Waals surface area contributed by atoms with Crippen molar-refractivity contribution in [1.82, 2.24) is 4.57 Å². The zero-order valence-corrected chi connectivity index (χ0v) is 15.4. The first-order valence-corrected chi connectivity index (χ1v) is 8.69. The van der Waals surface area contributed by atoms with Gasteiger partial charge in [0.2, 0.25) is 11.8 Å². The third-order valence-electron chi connectivity index (χ3n) is 5.24. The lowest BCUT2D eigenvalue weighted by molar-refractivity contribution is -0.118. The minimum Gasteiger partial charge on any atom is -0.440 e. The van der Waals surface area contributed by atoms with Crippen molar-refractivity contribution in [1.29, 1.82) is 5.26 Å². The number of carbonyl (C=O) groups is 1. The summed E-state index contributed by atoms with van der Waals surface area (Å²) in [6, 6.07) is 10.6. The number of nitrogens with one attached hydrogen (secondary N) is 1. The highest BCUT2D eigenvalue weighted by molar-refractivity contribution is 6.12. The number of carbonyl (C=O) groups excluding carboxylic acids is 1. The number of aromatic nitrogens is 1. The van der Waals surface area contributed by atoms with Gasteiger partial charge >= 0.3 is 0 Å². The number of para-hydroxylation sites is 1. The van der Waals surface area contributed by atoms with Gasteiger partial charge in [-0.25, -0.2) is 0 Å². The summed E-state index contributed by atoms with van der Waals surface area (Å²) in [5, 5.41) is 12.6. The van der Waals surface area contributed by atoms with E-state index in [0.717, 1.165) is 0 Å². The summed E-state index contributed by atoms with van der Waals surface area (Å²) in [5.74, 6) is -0.508. The van der Waals surface area contributed by atoms with E-state index in [1.54, 1.807) is 44.4 Å². The Labute approximate surface area is 160 Å². The van der Waals surface area contributed by atoms with E-state index in [1.165, 1.54) is 4.57 Å². The zero-order valence-electron chi connectivity index (χ0n) is 15.4. The van der Waals surface area contributed by atoms with Gasteiger partial charge in [-0.2, -0.15) is 5.26 Å². The number of nitriles is 1. The number of nitrogens with zero attached hydrogens (tertiary/aromatic N) is 2. The van der Waals surface area contributed by atoms with Gasteiger partial charge in [0, 0.05) is 36.7 Å². The van der Waals surface area contributed by atoms with E-state index in [2.05, 4.69) is 5.32 Å². The normalized spacial score (nSPS) is 19.7. The zero-order chi connectivity index (χ0) is 20.1. The molecule has 28 heavy (non-hydrogen) atoms. The quantitative estimate of drug-likeness (QED) is 0.826. The number of hydrogen-bond donors (Lipinski definition) is 2. The maximum atomic E-state index is 13.5. The lowest BCUT2D eigenvalue weighted by Gasteiger charge is -2.33. The summed E-state index contributed by atoms with van der Waals surface area (Å²) in [5.41, 5.74) is 5.61. The molecule has 0 aliphatic carbocycles. The molecule has 0 radical (unpaired) electrons. The molecule has 3 heterocycles. The average molecular weight is 378 g/mol. The third kappa shape index (κ3) is 2.14. The van der Waals surface area contributed by atoms with E-state index < -0.39 is 16.9 Å². The largest absolute Gasteiger partial charge is 0.440 e. The number of ether oxygens (including phenoxy) is 2. The molecule has 2 aliphatic rings. The minimum absolute atomic E-state index is 0.0856. The molecule has 1 aromatic heterocycles. The Morgan fingerprint density at radius 3 is 2.82 bits per heavy atom. The molecule has 1 atom stereocenters. The Balaban J connectivity index is 2.13. The van der Waals surface area contributed by atoms with E-state index in [1.807, 2.05) is 6.07 Å².